The Labute approximate surface area is 151 Å². The molecule has 0 unspecified atom stereocenters. The molecular formula is C20H20N6. The van der Waals surface area contributed by atoms with Crippen molar-refractivity contribution in [2.75, 3.05) is 5.32 Å². The van der Waals surface area contributed by atoms with Gasteiger partial charge in [0.05, 0.1) is 5.52 Å². The van der Waals surface area contributed by atoms with E-state index in [0.29, 0.717) is 23.5 Å². The summed E-state index contributed by atoms with van der Waals surface area (Å²) in [4.78, 5) is 13.9. The number of para-hydroxylation sites is 1. The first-order valence-corrected chi connectivity index (χ1v) is 8.64. The fourth-order valence-corrected chi connectivity index (χ4v) is 3.00. The Morgan fingerprint density at radius 1 is 0.923 bits per heavy atom. The van der Waals surface area contributed by atoms with E-state index in [9.17, 15) is 0 Å². The molecule has 130 valence electrons. The van der Waals surface area contributed by atoms with Crippen molar-refractivity contribution in [3.8, 4) is 11.4 Å². The van der Waals surface area contributed by atoms with Crippen LogP contribution in [0.4, 0.5) is 11.8 Å². The van der Waals surface area contributed by atoms with Crippen molar-refractivity contribution in [2.24, 2.45) is 0 Å². The number of aryl methyl sites for hydroxylation is 1. The second-order valence-electron chi connectivity index (χ2n) is 6.52. The zero-order valence-corrected chi connectivity index (χ0v) is 15.0. The summed E-state index contributed by atoms with van der Waals surface area (Å²) >= 11 is 0. The molecule has 0 saturated heterocycles. The molecule has 2 aromatic carbocycles. The molecule has 6 heteroatoms. The molecule has 0 spiro atoms. The van der Waals surface area contributed by atoms with Crippen molar-refractivity contribution in [1.29, 1.82) is 0 Å². The molecule has 0 aliphatic carbocycles. The van der Waals surface area contributed by atoms with E-state index in [-0.39, 0.29) is 0 Å². The van der Waals surface area contributed by atoms with Gasteiger partial charge >= 0.3 is 0 Å². The van der Waals surface area contributed by atoms with Gasteiger partial charge in [0, 0.05) is 10.9 Å². The molecule has 0 aliphatic heterocycles. The van der Waals surface area contributed by atoms with Gasteiger partial charge in [0.15, 0.2) is 5.82 Å². The van der Waals surface area contributed by atoms with Crippen LogP contribution in [0.15, 0.2) is 48.5 Å². The van der Waals surface area contributed by atoms with Gasteiger partial charge in [-0.1, -0.05) is 50.2 Å². The standard InChI is InChI=1S/C20H20N6/c1-12(2)14-8-4-5-9-15(14)18-22-17-11-7-6-10-16(17)19(23-18)24-20-21-13(3)25-26-20/h4-12H,1-3H3,(H2,21,22,23,24,25,26). The molecule has 0 atom stereocenters. The Morgan fingerprint density at radius 2 is 1.69 bits per heavy atom. The molecule has 26 heavy (non-hydrogen) atoms. The third-order valence-corrected chi connectivity index (χ3v) is 4.25. The van der Waals surface area contributed by atoms with Crippen molar-refractivity contribution in [1.82, 2.24) is 25.1 Å². The highest BCUT2D eigenvalue weighted by Gasteiger charge is 2.14. The number of rotatable bonds is 4. The zero-order valence-electron chi connectivity index (χ0n) is 15.0. The van der Waals surface area contributed by atoms with Crippen LogP contribution in [0.25, 0.3) is 22.3 Å². The van der Waals surface area contributed by atoms with Crippen LogP contribution in [0.5, 0.6) is 0 Å². The van der Waals surface area contributed by atoms with Gasteiger partial charge in [-0.2, -0.15) is 4.98 Å². The van der Waals surface area contributed by atoms with Crippen LogP contribution in [-0.2, 0) is 0 Å². The minimum absolute atomic E-state index is 0.383. The van der Waals surface area contributed by atoms with Crippen LogP contribution in [0.1, 0.15) is 31.2 Å². The normalized spacial score (nSPS) is 11.2. The molecule has 0 radical (unpaired) electrons. The van der Waals surface area contributed by atoms with Crippen molar-refractivity contribution in [2.45, 2.75) is 26.7 Å². The van der Waals surface area contributed by atoms with Gasteiger partial charge in [-0.05, 0) is 30.5 Å². The van der Waals surface area contributed by atoms with Gasteiger partial charge in [-0.25, -0.2) is 9.97 Å². The van der Waals surface area contributed by atoms with Gasteiger partial charge in [0.1, 0.15) is 11.6 Å². The maximum Gasteiger partial charge on any atom is 0.247 e. The van der Waals surface area contributed by atoms with Gasteiger partial charge in [0.25, 0.3) is 0 Å². The SMILES string of the molecule is Cc1nc(Nc2nc(-c3ccccc3C(C)C)nc3ccccc23)n[nH]1. The number of fused-ring (bicyclic) bond motifs is 1. The molecule has 2 N–H and O–H groups in total. The minimum Gasteiger partial charge on any atom is -0.307 e. The van der Waals surface area contributed by atoms with E-state index in [4.69, 9.17) is 9.97 Å². The molecule has 6 nitrogen and oxygen atoms in total. The number of nitrogens with zero attached hydrogens (tertiary/aromatic N) is 4. The van der Waals surface area contributed by atoms with Gasteiger partial charge in [-0.3, -0.25) is 5.10 Å². The summed E-state index contributed by atoms with van der Waals surface area (Å²) in [5.74, 6) is 3.02. The summed E-state index contributed by atoms with van der Waals surface area (Å²) in [7, 11) is 0. The number of anilines is 2. The average Bonchev–Trinajstić information content (AvgIpc) is 3.06. The lowest BCUT2D eigenvalue weighted by Gasteiger charge is -2.13. The lowest BCUT2D eigenvalue weighted by atomic mass is 9.97. The Morgan fingerprint density at radius 3 is 2.46 bits per heavy atom. The lowest BCUT2D eigenvalue weighted by Crippen LogP contribution is -2.02. The first kappa shape index (κ1) is 16.2. The second kappa shape index (κ2) is 6.55. The van der Waals surface area contributed by atoms with Crippen LogP contribution in [-0.4, -0.2) is 25.1 Å². The summed E-state index contributed by atoms with van der Waals surface area (Å²) < 4.78 is 0. The van der Waals surface area contributed by atoms with Crippen LogP contribution in [0.2, 0.25) is 0 Å². The molecule has 0 amide bonds. The smallest absolute Gasteiger partial charge is 0.247 e. The molecular weight excluding hydrogens is 324 g/mol. The van der Waals surface area contributed by atoms with Crippen molar-refractivity contribution in [3.63, 3.8) is 0 Å². The topological polar surface area (TPSA) is 79.4 Å². The zero-order chi connectivity index (χ0) is 18.1. The Bertz CT molecular complexity index is 1070. The maximum atomic E-state index is 4.80. The summed E-state index contributed by atoms with van der Waals surface area (Å²) in [5.41, 5.74) is 3.15. The molecule has 4 rings (SSSR count). The van der Waals surface area contributed by atoms with Crippen LogP contribution in [0.3, 0.4) is 0 Å². The lowest BCUT2D eigenvalue weighted by molar-refractivity contribution is 0.867. The largest absolute Gasteiger partial charge is 0.307 e. The average molecular weight is 344 g/mol. The summed E-state index contributed by atoms with van der Waals surface area (Å²) in [6.07, 6.45) is 0. The number of aromatic nitrogens is 5. The molecule has 0 aliphatic rings. The second-order valence-corrected chi connectivity index (χ2v) is 6.52. The number of aromatic amines is 1. The van der Waals surface area contributed by atoms with Gasteiger partial charge < -0.3 is 5.32 Å². The molecule has 2 aromatic heterocycles. The van der Waals surface area contributed by atoms with E-state index in [1.54, 1.807) is 0 Å². The highest BCUT2D eigenvalue weighted by molar-refractivity contribution is 5.91. The van der Waals surface area contributed by atoms with E-state index in [1.165, 1.54) is 5.56 Å². The quantitative estimate of drug-likeness (QED) is 0.566. The maximum absolute atomic E-state index is 4.80. The predicted octanol–water partition coefficient (Wildman–Crippen LogP) is 4.59. The van der Waals surface area contributed by atoms with E-state index < -0.39 is 0 Å². The molecule has 0 saturated carbocycles. The molecule has 0 fully saturated rings. The van der Waals surface area contributed by atoms with E-state index >= 15 is 0 Å². The van der Waals surface area contributed by atoms with Crippen LogP contribution >= 0.6 is 0 Å². The van der Waals surface area contributed by atoms with E-state index in [2.05, 4.69) is 52.5 Å². The first-order valence-electron chi connectivity index (χ1n) is 8.64. The van der Waals surface area contributed by atoms with Crippen LogP contribution in [0, 0.1) is 6.92 Å². The van der Waals surface area contributed by atoms with E-state index in [0.717, 1.165) is 22.3 Å². The number of benzene rings is 2. The number of H-pyrrole nitrogens is 1. The highest BCUT2D eigenvalue weighted by atomic mass is 15.3. The van der Waals surface area contributed by atoms with Gasteiger partial charge in [0.2, 0.25) is 5.95 Å². The minimum atomic E-state index is 0.383. The van der Waals surface area contributed by atoms with Crippen molar-refractivity contribution in [3.05, 3.63) is 59.9 Å². The number of hydrogen-bond donors (Lipinski definition) is 2. The fraction of sp³-hybridized carbons (Fsp3) is 0.200. The summed E-state index contributed by atoms with van der Waals surface area (Å²) in [6.45, 7) is 6.21. The van der Waals surface area contributed by atoms with E-state index in [1.807, 2.05) is 37.3 Å². The Hall–Kier alpha value is -3.28. The monoisotopic (exact) mass is 344 g/mol. The number of nitrogens with one attached hydrogen (secondary N) is 2. The summed E-state index contributed by atoms with van der Waals surface area (Å²) in [5, 5.41) is 11.2. The van der Waals surface area contributed by atoms with Crippen LogP contribution < -0.4 is 5.32 Å². The summed E-state index contributed by atoms with van der Waals surface area (Å²) in [6, 6.07) is 16.2. The third-order valence-electron chi connectivity index (χ3n) is 4.25. The Balaban J connectivity index is 1.89. The Kier molecular flexibility index (Phi) is 4.08. The fourth-order valence-electron chi connectivity index (χ4n) is 3.00. The van der Waals surface area contributed by atoms with Gasteiger partial charge in [-0.15, -0.1) is 5.10 Å². The molecule has 2 heterocycles. The number of hydrogen-bond acceptors (Lipinski definition) is 5. The first-order chi connectivity index (χ1) is 12.6. The molecule has 0 bridgehead atoms. The molecule has 4 aromatic rings. The van der Waals surface area contributed by atoms with Crippen molar-refractivity contribution >= 4 is 22.7 Å². The van der Waals surface area contributed by atoms with Crippen molar-refractivity contribution < 1.29 is 0 Å². The predicted molar refractivity (Wildman–Crippen MR) is 103 cm³/mol. The third kappa shape index (κ3) is 3.01. The highest BCUT2D eigenvalue weighted by Crippen LogP contribution is 2.30.